The fourth-order valence-electron chi connectivity index (χ4n) is 3.52. The minimum Gasteiger partial charge on any atom is -0.396 e. The third-order valence-corrected chi connectivity index (χ3v) is 5.01. The van der Waals surface area contributed by atoms with Crippen LogP contribution in [0.4, 0.5) is 4.79 Å². The predicted molar refractivity (Wildman–Crippen MR) is 95.3 cm³/mol. The van der Waals surface area contributed by atoms with Crippen LogP contribution in [-0.2, 0) is 0 Å². The predicted octanol–water partition coefficient (Wildman–Crippen LogP) is 0.808. The van der Waals surface area contributed by atoms with Crippen molar-refractivity contribution in [2.45, 2.75) is 83.3 Å². The smallest absolute Gasteiger partial charge is 0.317 e. The van der Waals surface area contributed by atoms with Gasteiger partial charge in [0.05, 0.1) is 6.17 Å². The van der Waals surface area contributed by atoms with Crippen molar-refractivity contribution in [1.82, 2.24) is 26.6 Å². The molecule has 7 heteroatoms. The van der Waals surface area contributed by atoms with E-state index in [9.17, 15) is 4.79 Å². The molecule has 0 aromatic heterocycles. The topological polar surface area (TPSA) is 97.5 Å². The molecule has 2 amide bonds. The van der Waals surface area contributed by atoms with E-state index in [1.165, 1.54) is 12.8 Å². The van der Waals surface area contributed by atoms with E-state index >= 15 is 0 Å². The molecule has 1 saturated heterocycles. The number of carbonyl (C=O) groups excluding carboxylic acids is 1. The summed E-state index contributed by atoms with van der Waals surface area (Å²) in [5, 5.41) is 25.1. The minimum atomic E-state index is -0.230. The van der Waals surface area contributed by atoms with Crippen LogP contribution in [0.3, 0.4) is 0 Å². The molecule has 2 aliphatic rings. The van der Waals surface area contributed by atoms with Gasteiger partial charge in [0.15, 0.2) is 0 Å². The molecule has 0 aromatic carbocycles. The summed E-state index contributed by atoms with van der Waals surface area (Å²) in [6, 6.07) is 0.518. The molecule has 0 bridgehead atoms. The Morgan fingerprint density at radius 3 is 2.54 bits per heavy atom. The monoisotopic (exact) mass is 341 g/mol. The number of urea groups is 1. The summed E-state index contributed by atoms with van der Waals surface area (Å²) in [4.78, 5) is 12.2. The van der Waals surface area contributed by atoms with Crippen molar-refractivity contribution in [3.8, 4) is 0 Å². The highest BCUT2D eigenvalue weighted by atomic mass is 16.3. The van der Waals surface area contributed by atoms with Crippen molar-refractivity contribution >= 4 is 6.03 Å². The Labute approximate surface area is 145 Å². The molecule has 2 fully saturated rings. The highest BCUT2D eigenvalue weighted by Gasteiger charge is 2.26. The van der Waals surface area contributed by atoms with Gasteiger partial charge in [-0.3, -0.25) is 10.6 Å². The van der Waals surface area contributed by atoms with Gasteiger partial charge >= 0.3 is 6.03 Å². The van der Waals surface area contributed by atoms with Crippen molar-refractivity contribution in [1.29, 1.82) is 0 Å². The highest BCUT2D eigenvalue weighted by molar-refractivity contribution is 5.74. The number of aliphatic hydroxyl groups excluding tert-OH is 1. The van der Waals surface area contributed by atoms with Crippen LogP contribution >= 0.6 is 0 Å². The van der Waals surface area contributed by atoms with Crippen molar-refractivity contribution in [2.75, 3.05) is 13.2 Å². The highest BCUT2D eigenvalue weighted by Crippen LogP contribution is 2.23. The minimum absolute atomic E-state index is 0.104. The van der Waals surface area contributed by atoms with E-state index in [0.717, 1.165) is 44.6 Å². The van der Waals surface area contributed by atoms with Crippen LogP contribution in [0.2, 0.25) is 0 Å². The lowest BCUT2D eigenvalue weighted by Crippen LogP contribution is -2.68. The zero-order valence-corrected chi connectivity index (χ0v) is 15.1. The van der Waals surface area contributed by atoms with E-state index in [4.69, 9.17) is 5.11 Å². The molecule has 1 aliphatic heterocycles. The Kier molecular flexibility index (Phi) is 8.24. The summed E-state index contributed by atoms with van der Waals surface area (Å²) in [6.07, 6.45) is 7.21. The van der Waals surface area contributed by atoms with Gasteiger partial charge in [-0.15, -0.1) is 0 Å². The third-order valence-electron chi connectivity index (χ3n) is 5.01. The van der Waals surface area contributed by atoms with E-state index < -0.39 is 0 Å². The van der Waals surface area contributed by atoms with Crippen LogP contribution in [0, 0.1) is 5.92 Å². The fraction of sp³-hybridized carbons (Fsp3) is 0.941. The SMILES string of the molecule is CC1CCC(NC(=O)NC2NC(C)CC(NCCCCO)N2)CC1. The summed E-state index contributed by atoms with van der Waals surface area (Å²) in [6.45, 7) is 5.51. The summed E-state index contributed by atoms with van der Waals surface area (Å²) in [5.74, 6) is 0.784. The maximum absolute atomic E-state index is 12.2. The normalized spacial score (nSPS) is 33.9. The maximum atomic E-state index is 12.2. The molecule has 0 radical (unpaired) electrons. The van der Waals surface area contributed by atoms with Gasteiger partial charge in [-0.05, 0) is 64.3 Å². The Hall–Kier alpha value is -0.890. The quantitative estimate of drug-likeness (QED) is 0.385. The number of amides is 2. The fourth-order valence-corrected chi connectivity index (χ4v) is 3.52. The standard InChI is InChI=1S/C17H35N5O2/c1-12-5-7-14(8-6-12)20-17(24)22-16-19-13(2)11-15(21-16)18-9-3-4-10-23/h12-16,18-19,21,23H,3-11H2,1-2H3,(H2,20,22,24). The van der Waals surface area contributed by atoms with Gasteiger partial charge in [-0.1, -0.05) is 6.92 Å². The first-order valence-corrected chi connectivity index (χ1v) is 9.50. The van der Waals surface area contributed by atoms with Crippen LogP contribution < -0.4 is 26.6 Å². The van der Waals surface area contributed by atoms with Crippen molar-refractivity contribution < 1.29 is 9.90 Å². The van der Waals surface area contributed by atoms with Crippen molar-refractivity contribution in [3.63, 3.8) is 0 Å². The zero-order chi connectivity index (χ0) is 17.4. The number of carbonyl (C=O) groups is 1. The summed E-state index contributed by atoms with van der Waals surface area (Å²) < 4.78 is 0. The van der Waals surface area contributed by atoms with E-state index in [0.29, 0.717) is 12.1 Å². The molecule has 140 valence electrons. The number of aliphatic hydroxyl groups is 1. The number of hydrogen-bond donors (Lipinski definition) is 6. The Morgan fingerprint density at radius 1 is 1.08 bits per heavy atom. The molecule has 3 unspecified atom stereocenters. The molecule has 7 nitrogen and oxygen atoms in total. The van der Waals surface area contributed by atoms with E-state index in [1.54, 1.807) is 0 Å². The second-order valence-electron chi connectivity index (χ2n) is 7.42. The molecule has 1 saturated carbocycles. The van der Waals surface area contributed by atoms with Gasteiger partial charge in [0.1, 0.15) is 6.29 Å². The van der Waals surface area contributed by atoms with E-state index in [2.05, 4.69) is 40.4 Å². The maximum Gasteiger partial charge on any atom is 0.317 e. The number of hydrogen-bond acceptors (Lipinski definition) is 5. The number of unbranched alkanes of at least 4 members (excludes halogenated alkanes) is 1. The van der Waals surface area contributed by atoms with Gasteiger partial charge < -0.3 is 21.1 Å². The second kappa shape index (κ2) is 10.2. The van der Waals surface area contributed by atoms with Crippen LogP contribution in [-0.4, -0.2) is 48.8 Å². The van der Waals surface area contributed by atoms with Gasteiger partial charge in [0.25, 0.3) is 0 Å². The number of nitrogens with one attached hydrogen (secondary N) is 5. The molecule has 6 N–H and O–H groups in total. The van der Waals surface area contributed by atoms with Crippen molar-refractivity contribution in [3.05, 3.63) is 0 Å². The summed E-state index contributed by atoms with van der Waals surface area (Å²) in [7, 11) is 0. The number of rotatable bonds is 7. The van der Waals surface area contributed by atoms with E-state index in [-0.39, 0.29) is 25.1 Å². The van der Waals surface area contributed by atoms with Crippen LogP contribution in [0.25, 0.3) is 0 Å². The Bertz CT molecular complexity index is 374. The average Bonchev–Trinajstić information content (AvgIpc) is 2.53. The van der Waals surface area contributed by atoms with Gasteiger partial charge in [-0.2, -0.15) is 0 Å². The van der Waals surface area contributed by atoms with Gasteiger partial charge in [0, 0.05) is 18.7 Å². The average molecular weight is 342 g/mol. The lowest BCUT2D eigenvalue weighted by Gasteiger charge is -2.37. The first-order valence-electron chi connectivity index (χ1n) is 9.50. The summed E-state index contributed by atoms with van der Waals surface area (Å²) in [5.41, 5.74) is 0. The lowest BCUT2D eigenvalue weighted by molar-refractivity contribution is 0.182. The first-order chi connectivity index (χ1) is 11.6. The molecule has 0 aromatic rings. The molecule has 24 heavy (non-hydrogen) atoms. The van der Waals surface area contributed by atoms with E-state index in [1.807, 2.05) is 0 Å². The molecule has 3 atom stereocenters. The molecule has 0 spiro atoms. The summed E-state index contributed by atoms with van der Waals surface area (Å²) >= 11 is 0. The first kappa shape index (κ1) is 19.4. The molecule has 2 rings (SSSR count). The zero-order valence-electron chi connectivity index (χ0n) is 15.1. The van der Waals surface area contributed by atoms with Crippen molar-refractivity contribution in [2.24, 2.45) is 5.92 Å². The lowest BCUT2D eigenvalue weighted by atomic mass is 9.87. The molecule has 1 heterocycles. The molecular weight excluding hydrogens is 306 g/mol. The molecule has 1 aliphatic carbocycles. The van der Waals surface area contributed by atoms with Crippen LogP contribution in [0.15, 0.2) is 0 Å². The van der Waals surface area contributed by atoms with Gasteiger partial charge in [0.2, 0.25) is 0 Å². The second-order valence-corrected chi connectivity index (χ2v) is 7.42. The third kappa shape index (κ3) is 6.93. The van der Waals surface area contributed by atoms with Gasteiger partial charge in [-0.25, -0.2) is 4.79 Å². The molecular formula is C17H35N5O2. The van der Waals surface area contributed by atoms with Crippen LogP contribution in [0.5, 0.6) is 0 Å². The largest absolute Gasteiger partial charge is 0.396 e. The Morgan fingerprint density at radius 2 is 1.83 bits per heavy atom. The van der Waals surface area contributed by atoms with Crippen LogP contribution in [0.1, 0.15) is 58.8 Å². The Balaban J connectivity index is 1.69.